The first-order valence-corrected chi connectivity index (χ1v) is 8.17. The molecule has 0 aromatic rings. The van der Waals surface area contributed by atoms with Crippen LogP contribution in [0.15, 0.2) is 0 Å². The van der Waals surface area contributed by atoms with Crippen LogP contribution in [0.3, 0.4) is 0 Å². The summed E-state index contributed by atoms with van der Waals surface area (Å²) in [5.41, 5.74) is -0.0575. The molecule has 0 amide bonds. The van der Waals surface area contributed by atoms with Gasteiger partial charge in [0.2, 0.25) is 0 Å². The molecule has 2 rings (SSSR count). The first kappa shape index (κ1) is 15.3. The molecule has 2 aliphatic rings. The molecule has 2 aliphatic carbocycles. The van der Waals surface area contributed by atoms with E-state index >= 15 is 0 Å². The third kappa shape index (κ3) is 4.73. The van der Waals surface area contributed by atoms with Gasteiger partial charge in [-0.25, -0.2) is 0 Å². The van der Waals surface area contributed by atoms with E-state index in [1.165, 1.54) is 32.1 Å². The first-order chi connectivity index (χ1) is 9.17. The van der Waals surface area contributed by atoms with Crippen LogP contribution in [0.4, 0.5) is 0 Å². The number of hydrogen-bond acceptors (Lipinski definition) is 3. The molecular formula is C16H31NO2. The molecule has 3 heteroatoms. The molecule has 0 aromatic carbocycles. The molecular weight excluding hydrogens is 238 g/mol. The maximum absolute atomic E-state index is 9.78. The maximum atomic E-state index is 9.78. The lowest BCUT2D eigenvalue weighted by atomic mass is 9.80. The van der Waals surface area contributed by atoms with Crippen molar-refractivity contribution in [2.45, 2.75) is 82.9 Å². The van der Waals surface area contributed by atoms with Crippen LogP contribution < -0.4 is 5.32 Å². The van der Waals surface area contributed by atoms with Crippen LogP contribution in [0, 0.1) is 5.92 Å². The van der Waals surface area contributed by atoms with Gasteiger partial charge in [-0.1, -0.05) is 20.3 Å². The van der Waals surface area contributed by atoms with E-state index in [1.54, 1.807) is 0 Å². The molecule has 2 saturated carbocycles. The fraction of sp³-hybridized carbons (Fsp3) is 1.00. The lowest BCUT2D eigenvalue weighted by Crippen LogP contribution is -2.54. The monoisotopic (exact) mass is 269 g/mol. The Balaban J connectivity index is 1.78. The molecule has 0 bridgehead atoms. The number of nitrogens with one attached hydrogen (secondary N) is 1. The molecule has 3 unspecified atom stereocenters. The highest BCUT2D eigenvalue weighted by Crippen LogP contribution is 2.34. The molecule has 0 aliphatic heterocycles. The summed E-state index contributed by atoms with van der Waals surface area (Å²) in [6.07, 6.45) is 9.80. The van der Waals surface area contributed by atoms with Crippen molar-refractivity contribution in [2.75, 3.05) is 13.2 Å². The molecule has 2 fully saturated rings. The van der Waals surface area contributed by atoms with E-state index in [2.05, 4.69) is 19.2 Å². The van der Waals surface area contributed by atoms with E-state index in [1.807, 2.05) is 0 Å². The van der Waals surface area contributed by atoms with Crippen LogP contribution in [0.1, 0.15) is 65.2 Å². The van der Waals surface area contributed by atoms with Crippen LogP contribution in [-0.4, -0.2) is 36.0 Å². The number of rotatable bonds is 8. The molecule has 0 radical (unpaired) electrons. The van der Waals surface area contributed by atoms with Crippen molar-refractivity contribution in [1.82, 2.24) is 5.32 Å². The smallest absolute Gasteiger partial charge is 0.0614 e. The van der Waals surface area contributed by atoms with Crippen molar-refractivity contribution in [1.29, 1.82) is 0 Å². The van der Waals surface area contributed by atoms with Gasteiger partial charge in [-0.05, 0) is 50.9 Å². The van der Waals surface area contributed by atoms with E-state index in [4.69, 9.17) is 4.74 Å². The van der Waals surface area contributed by atoms with Gasteiger partial charge in [0.15, 0.2) is 0 Å². The summed E-state index contributed by atoms with van der Waals surface area (Å²) in [7, 11) is 0. The van der Waals surface area contributed by atoms with Crippen LogP contribution in [-0.2, 0) is 4.74 Å². The Hall–Kier alpha value is -0.120. The molecule has 2 N–H and O–H groups in total. The number of hydrogen-bond donors (Lipinski definition) is 2. The standard InChI is InChI=1S/C16H31NO2/c1-3-5-13(2)11-19-15-6-4-9-16(10-15,12-18)17-14-7-8-14/h13-15,17-18H,3-12H2,1-2H3. The van der Waals surface area contributed by atoms with Crippen molar-refractivity contribution in [3.63, 3.8) is 0 Å². The van der Waals surface area contributed by atoms with Gasteiger partial charge in [0.25, 0.3) is 0 Å². The fourth-order valence-electron chi connectivity index (χ4n) is 3.31. The topological polar surface area (TPSA) is 41.5 Å². The van der Waals surface area contributed by atoms with Gasteiger partial charge in [0.1, 0.15) is 0 Å². The quantitative estimate of drug-likeness (QED) is 0.712. The zero-order valence-corrected chi connectivity index (χ0v) is 12.7. The minimum absolute atomic E-state index is 0.0575. The Bertz CT molecular complexity index is 267. The minimum Gasteiger partial charge on any atom is -0.394 e. The van der Waals surface area contributed by atoms with Crippen LogP contribution in [0.5, 0.6) is 0 Å². The predicted octanol–water partition coefficient (Wildman–Crippen LogP) is 2.86. The molecule has 0 spiro atoms. The second-order valence-corrected chi connectivity index (χ2v) is 6.80. The maximum Gasteiger partial charge on any atom is 0.0614 e. The Morgan fingerprint density at radius 1 is 1.37 bits per heavy atom. The summed E-state index contributed by atoms with van der Waals surface area (Å²) < 4.78 is 6.11. The minimum atomic E-state index is -0.0575. The molecule has 0 aromatic heterocycles. The van der Waals surface area contributed by atoms with E-state index < -0.39 is 0 Å². The van der Waals surface area contributed by atoms with Gasteiger partial charge in [0, 0.05) is 18.2 Å². The number of aliphatic hydroxyl groups excluding tert-OH is 1. The van der Waals surface area contributed by atoms with E-state index in [-0.39, 0.29) is 12.1 Å². The van der Waals surface area contributed by atoms with E-state index in [0.717, 1.165) is 25.9 Å². The first-order valence-electron chi connectivity index (χ1n) is 8.17. The van der Waals surface area contributed by atoms with Gasteiger partial charge in [-0.15, -0.1) is 0 Å². The van der Waals surface area contributed by atoms with E-state index in [0.29, 0.717) is 18.1 Å². The number of ether oxygens (including phenoxy) is 1. The predicted molar refractivity (Wildman–Crippen MR) is 78.3 cm³/mol. The van der Waals surface area contributed by atoms with E-state index in [9.17, 15) is 5.11 Å². The molecule has 0 heterocycles. The number of aliphatic hydroxyl groups is 1. The molecule has 3 nitrogen and oxygen atoms in total. The third-order valence-electron chi connectivity index (χ3n) is 4.59. The molecule has 0 saturated heterocycles. The highest BCUT2D eigenvalue weighted by atomic mass is 16.5. The second kappa shape index (κ2) is 7.05. The van der Waals surface area contributed by atoms with Gasteiger partial charge in [0.05, 0.1) is 12.7 Å². The Morgan fingerprint density at radius 2 is 2.16 bits per heavy atom. The fourth-order valence-corrected chi connectivity index (χ4v) is 3.31. The highest BCUT2D eigenvalue weighted by Gasteiger charge is 2.40. The SMILES string of the molecule is CCCC(C)COC1CCCC(CO)(NC2CC2)C1. The van der Waals surface area contributed by atoms with Crippen LogP contribution in [0.25, 0.3) is 0 Å². The zero-order valence-electron chi connectivity index (χ0n) is 12.7. The van der Waals surface area contributed by atoms with Crippen molar-refractivity contribution in [3.8, 4) is 0 Å². The molecule has 19 heavy (non-hydrogen) atoms. The van der Waals surface area contributed by atoms with Gasteiger partial charge >= 0.3 is 0 Å². The third-order valence-corrected chi connectivity index (χ3v) is 4.59. The molecule has 3 atom stereocenters. The van der Waals surface area contributed by atoms with Crippen molar-refractivity contribution in [2.24, 2.45) is 5.92 Å². The summed E-state index contributed by atoms with van der Waals surface area (Å²) in [6, 6.07) is 0.657. The second-order valence-electron chi connectivity index (χ2n) is 6.80. The average molecular weight is 269 g/mol. The van der Waals surface area contributed by atoms with Crippen molar-refractivity contribution < 1.29 is 9.84 Å². The summed E-state index contributed by atoms with van der Waals surface area (Å²) >= 11 is 0. The van der Waals surface area contributed by atoms with Crippen LogP contribution >= 0.6 is 0 Å². The summed E-state index contributed by atoms with van der Waals surface area (Å²) in [6.45, 7) is 5.64. The Kier molecular flexibility index (Phi) is 5.67. The van der Waals surface area contributed by atoms with Gasteiger partial charge in [-0.2, -0.15) is 0 Å². The van der Waals surface area contributed by atoms with Gasteiger partial charge < -0.3 is 15.2 Å². The Morgan fingerprint density at radius 3 is 2.79 bits per heavy atom. The summed E-state index contributed by atoms with van der Waals surface area (Å²) in [5.74, 6) is 0.659. The Labute approximate surface area is 118 Å². The summed E-state index contributed by atoms with van der Waals surface area (Å²) in [5, 5.41) is 13.4. The van der Waals surface area contributed by atoms with Crippen molar-refractivity contribution >= 4 is 0 Å². The lowest BCUT2D eigenvalue weighted by molar-refractivity contribution is -0.0283. The van der Waals surface area contributed by atoms with Crippen molar-refractivity contribution in [3.05, 3.63) is 0 Å². The lowest BCUT2D eigenvalue weighted by Gasteiger charge is -2.41. The van der Waals surface area contributed by atoms with Crippen LogP contribution in [0.2, 0.25) is 0 Å². The zero-order chi connectivity index (χ0) is 13.7. The molecule has 112 valence electrons. The summed E-state index contributed by atoms with van der Waals surface area (Å²) in [4.78, 5) is 0. The highest BCUT2D eigenvalue weighted by molar-refractivity contribution is 4.99. The largest absolute Gasteiger partial charge is 0.394 e. The van der Waals surface area contributed by atoms with Gasteiger partial charge in [-0.3, -0.25) is 0 Å². The average Bonchev–Trinajstić information content (AvgIpc) is 3.21. The normalized spacial score (nSPS) is 33.3.